The van der Waals surface area contributed by atoms with E-state index in [-0.39, 0.29) is 5.91 Å². The van der Waals surface area contributed by atoms with Crippen LogP contribution in [0.3, 0.4) is 0 Å². The van der Waals surface area contributed by atoms with E-state index in [9.17, 15) is 4.79 Å². The minimum atomic E-state index is -0.103. The standard InChI is InChI=1S/C22H22ClNO2S/c1-14-8-15(2)16(3)20(9-14)26-12-17-10-21(27-13-17)22(25)24-11-18-6-4-5-7-19(18)23/h4-10,13H,11-12H2,1-3H3,(H,24,25). The molecule has 3 nitrogen and oxygen atoms in total. The van der Waals surface area contributed by atoms with Crippen LogP contribution in [0.15, 0.2) is 47.8 Å². The Kier molecular flexibility index (Phi) is 6.19. The van der Waals surface area contributed by atoms with E-state index >= 15 is 0 Å². The Labute approximate surface area is 169 Å². The summed E-state index contributed by atoms with van der Waals surface area (Å²) in [5, 5.41) is 5.53. The number of hydrogen-bond acceptors (Lipinski definition) is 3. The summed E-state index contributed by atoms with van der Waals surface area (Å²) in [5.41, 5.74) is 5.43. The molecule has 0 saturated carbocycles. The van der Waals surface area contributed by atoms with Gasteiger partial charge in [0.15, 0.2) is 0 Å². The zero-order valence-electron chi connectivity index (χ0n) is 15.6. The molecule has 3 aromatic rings. The van der Waals surface area contributed by atoms with Crippen LogP contribution in [-0.4, -0.2) is 5.91 Å². The summed E-state index contributed by atoms with van der Waals surface area (Å²) in [6, 6.07) is 13.6. The number of carbonyl (C=O) groups is 1. The normalized spacial score (nSPS) is 10.7. The van der Waals surface area contributed by atoms with Gasteiger partial charge in [-0.1, -0.05) is 35.9 Å². The number of thiophene rings is 1. The van der Waals surface area contributed by atoms with E-state index in [1.54, 1.807) is 0 Å². The van der Waals surface area contributed by atoms with Crippen molar-refractivity contribution in [1.82, 2.24) is 5.32 Å². The second-order valence-electron chi connectivity index (χ2n) is 6.59. The van der Waals surface area contributed by atoms with E-state index in [1.807, 2.05) is 41.8 Å². The van der Waals surface area contributed by atoms with Crippen molar-refractivity contribution in [2.24, 2.45) is 0 Å². The number of amides is 1. The lowest BCUT2D eigenvalue weighted by atomic mass is 10.1. The molecule has 140 valence electrons. The number of hydrogen-bond donors (Lipinski definition) is 1. The van der Waals surface area contributed by atoms with E-state index in [0.717, 1.165) is 22.4 Å². The summed E-state index contributed by atoms with van der Waals surface area (Å²) in [6.45, 7) is 7.06. The SMILES string of the molecule is Cc1cc(C)c(C)c(OCc2csc(C(=O)NCc3ccccc3Cl)c2)c1. The van der Waals surface area contributed by atoms with Crippen molar-refractivity contribution in [3.8, 4) is 5.75 Å². The summed E-state index contributed by atoms with van der Waals surface area (Å²) in [5.74, 6) is 0.789. The van der Waals surface area contributed by atoms with Gasteiger partial charge in [0.2, 0.25) is 0 Å². The minimum absolute atomic E-state index is 0.103. The third-order valence-electron chi connectivity index (χ3n) is 4.43. The Hall–Kier alpha value is -2.30. The van der Waals surface area contributed by atoms with Gasteiger partial charge in [-0.25, -0.2) is 0 Å². The predicted molar refractivity (Wildman–Crippen MR) is 112 cm³/mol. The second kappa shape index (κ2) is 8.59. The average molecular weight is 400 g/mol. The number of halogens is 1. The van der Waals surface area contributed by atoms with Gasteiger partial charge in [0, 0.05) is 17.1 Å². The van der Waals surface area contributed by atoms with Crippen molar-refractivity contribution in [2.75, 3.05) is 0 Å². The molecule has 0 aliphatic rings. The smallest absolute Gasteiger partial charge is 0.261 e. The van der Waals surface area contributed by atoms with Gasteiger partial charge in [-0.3, -0.25) is 4.79 Å². The zero-order chi connectivity index (χ0) is 19.4. The van der Waals surface area contributed by atoms with Gasteiger partial charge in [-0.2, -0.15) is 0 Å². The topological polar surface area (TPSA) is 38.3 Å². The van der Waals surface area contributed by atoms with Gasteiger partial charge in [0.05, 0.1) is 4.88 Å². The highest BCUT2D eigenvalue weighted by Gasteiger charge is 2.11. The fourth-order valence-corrected chi connectivity index (χ4v) is 3.80. The van der Waals surface area contributed by atoms with Crippen molar-refractivity contribution >= 4 is 28.8 Å². The van der Waals surface area contributed by atoms with Gasteiger partial charge < -0.3 is 10.1 Å². The van der Waals surface area contributed by atoms with Crippen molar-refractivity contribution < 1.29 is 9.53 Å². The minimum Gasteiger partial charge on any atom is -0.489 e. The lowest BCUT2D eigenvalue weighted by molar-refractivity contribution is 0.0955. The first-order chi connectivity index (χ1) is 12.9. The van der Waals surface area contributed by atoms with E-state index < -0.39 is 0 Å². The molecular formula is C22H22ClNO2S. The lowest BCUT2D eigenvalue weighted by Crippen LogP contribution is -2.21. The quantitative estimate of drug-likeness (QED) is 0.565. The summed E-state index contributed by atoms with van der Waals surface area (Å²) in [6.07, 6.45) is 0. The lowest BCUT2D eigenvalue weighted by Gasteiger charge is -2.11. The molecule has 0 aliphatic heterocycles. The molecule has 0 atom stereocenters. The first-order valence-electron chi connectivity index (χ1n) is 8.73. The van der Waals surface area contributed by atoms with E-state index in [2.05, 4.69) is 32.2 Å². The number of rotatable bonds is 6. The predicted octanol–water partition coefficient (Wildman–Crippen LogP) is 5.84. The molecular weight excluding hydrogens is 378 g/mol. The first-order valence-corrected chi connectivity index (χ1v) is 9.99. The first kappa shape index (κ1) is 19.5. The van der Waals surface area contributed by atoms with E-state index in [1.165, 1.54) is 22.5 Å². The van der Waals surface area contributed by atoms with Gasteiger partial charge in [-0.05, 0) is 66.6 Å². The molecule has 2 aromatic carbocycles. The monoisotopic (exact) mass is 399 g/mol. The fraction of sp³-hybridized carbons (Fsp3) is 0.227. The molecule has 27 heavy (non-hydrogen) atoms. The van der Waals surface area contributed by atoms with E-state index in [0.29, 0.717) is 23.1 Å². The van der Waals surface area contributed by atoms with Gasteiger partial charge in [-0.15, -0.1) is 11.3 Å². The number of benzene rings is 2. The molecule has 0 spiro atoms. The molecule has 0 fully saturated rings. The Balaban J connectivity index is 1.60. The summed E-state index contributed by atoms with van der Waals surface area (Å²) in [7, 11) is 0. The average Bonchev–Trinajstić information content (AvgIpc) is 3.11. The third kappa shape index (κ3) is 4.90. The molecule has 1 amide bonds. The van der Waals surface area contributed by atoms with Crippen molar-refractivity contribution in [3.05, 3.63) is 85.6 Å². The van der Waals surface area contributed by atoms with Gasteiger partial charge in [0.25, 0.3) is 5.91 Å². The molecule has 0 bridgehead atoms. The maximum absolute atomic E-state index is 12.4. The van der Waals surface area contributed by atoms with Crippen LogP contribution in [-0.2, 0) is 13.2 Å². The third-order valence-corrected chi connectivity index (χ3v) is 5.78. The van der Waals surface area contributed by atoms with Crippen molar-refractivity contribution in [3.63, 3.8) is 0 Å². The van der Waals surface area contributed by atoms with Crippen LogP contribution in [0.5, 0.6) is 5.75 Å². The largest absolute Gasteiger partial charge is 0.489 e. The molecule has 0 unspecified atom stereocenters. The molecule has 0 saturated heterocycles. The highest BCUT2D eigenvalue weighted by molar-refractivity contribution is 7.12. The maximum Gasteiger partial charge on any atom is 0.261 e. The molecule has 5 heteroatoms. The van der Waals surface area contributed by atoms with Crippen LogP contribution in [0.2, 0.25) is 5.02 Å². The van der Waals surface area contributed by atoms with Crippen LogP contribution in [0.4, 0.5) is 0 Å². The number of aryl methyl sites for hydroxylation is 2. The van der Waals surface area contributed by atoms with Crippen LogP contribution in [0.25, 0.3) is 0 Å². The molecule has 3 rings (SSSR count). The highest BCUT2D eigenvalue weighted by Crippen LogP contribution is 2.25. The Morgan fingerprint density at radius 3 is 2.70 bits per heavy atom. The fourth-order valence-electron chi connectivity index (χ4n) is 2.79. The Morgan fingerprint density at radius 2 is 1.93 bits per heavy atom. The number of ether oxygens (including phenoxy) is 1. The maximum atomic E-state index is 12.4. The summed E-state index contributed by atoms with van der Waals surface area (Å²) in [4.78, 5) is 13.0. The van der Waals surface area contributed by atoms with Crippen LogP contribution in [0.1, 0.15) is 37.5 Å². The zero-order valence-corrected chi connectivity index (χ0v) is 17.2. The summed E-state index contributed by atoms with van der Waals surface area (Å²) < 4.78 is 5.98. The second-order valence-corrected chi connectivity index (χ2v) is 7.91. The Morgan fingerprint density at radius 1 is 1.15 bits per heavy atom. The molecule has 0 aliphatic carbocycles. The number of carbonyl (C=O) groups excluding carboxylic acids is 1. The van der Waals surface area contributed by atoms with E-state index in [4.69, 9.17) is 16.3 Å². The van der Waals surface area contributed by atoms with Crippen molar-refractivity contribution in [2.45, 2.75) is 33.9 Å². The van der Waals surface area contributed by atoms with Crippen molar-refractivity contribution in [1.29, 1.82) is 0 Å². The molecule has 0 radical (unpaired) electrons. The molecule has 1 aromatic heterocycles. The Bertz CT molecular complexity index is 965. The molecule has 1 heterocycles. The van der Waals surface area contributed by atoms with Crippen LogP contribution < -0.4 is 10.1 Å². The van der Waals surface area contributed by atoms with Gasteiger partial charge in [0.1, 0.15) is 12.4 Å². The van der Waals surface area contributed by atoms with Crippen LogP contribution >= 0.6 is 22.9 Å². The van der Waals surface area contributed by atoms with Crippen LogP contribution in [0, 0.1) is 20.8 Å². The molecule has 1 N–H and O–H groups in total. The van der Waals surface area contributed by atoms with Gasteiger partial charge >= 0.3 is 0 Å². The highest BCUT2D eigenvalue weighted by atomic mass is 35.5. The summed E-state index contributed by atoms with van der Waals surface area (Å²) >= 11 is 7.54. The number of nitrogens with one attached hydrogen (secondary N) is 1.